The molecule has 0 aliphatic heterocycles. The number of rotatable bonds is 3. The number of aromatic nitrogens is 1. The predicted octanol–water partition coefficient (Wildman–Crippen LogP) is 3.12. The molecular formula is C11H6F3NO3. The van der Waals surface area contributed by atoms with Gasteiger partial charge in [0.15, 0.2) is 0 Å². The van der Waals surface area contributed by atoms with Crippen molar-refractivity contribution < 1.29 is 27.6 Å². The summed E-state index contributed by atoms with van der Waals surface area (Å²) in [6.45, 7) is 0. The molecule has 0 atom stereocenters. The molecule has 0 fully saturated rings. The summed E-state index contributed by atoms with van der Waals surface area (Å²) in [6.07, 6.45) is -3.04. The second-order valence-electron chi connectivity index (χ2n) is 3.38. The summed E-state index contributed by atoms with van der Waals surface area (Å²) in [5.41, 5.74) is -1.17. The largest absolute Gasteiger partial charge is 0.475 e. The highest BCUT2D eigenvalue weighted by atomic mass is 19.3. The second kappa shape index (κ2) is 4.52. The summed E-state index contributed by atoms with van der Waals surface area (Å²) < 4.78 is 43.2. The van der Waals surface area contributed by atoms with Crippen LogP contribution in [0, 0.1) is 5.82 Å². The van der Waals surface area contributed by atoms with Crippen molar-refractivity contribution in [3.63, 3.8) is 0 Å². The van der Waals surface area contributed by atoms with Crippen LogP contribution in [0.3, 0.4) is 0 Å². The Morgan fingerprint density at radius 2 is 2.11 bits per heavy atom. The number of benzene rings is 1. The van der Waals surface area contributed by atoms with Crippen molar-refractivity contribution in [2.45, 2.75) is 6.43 Å². The molecule has 0 aliphatic rings. The van der Waals surface area contributed by atoms with Gasteiger partial charge >= 0.3 is 5.97 Å². The smallest absolute Gasteiger partial charge is 0.374 e. The van der Waals surface area contributed by atoms with E-state index in [1.54, 1.807) is 0 Å². The van der Waals surface area contributed by atoms with Gasteiger partial charge in [-0.05, 0) is 6.07 Å². The van der Waals surface area contributed by atoms with E-state index in [9.17, 15) is 18.0 Å². The van der Waals surface area contributed by atoms with Gasteiger partial charge in [-0.15, -0.1) is 0 Å². The van der Waals surface area contributed by atoms with E-state index >= 15 is 0 Å². The predicted molar refractivity (Wildman–Crippen MR) is 53.8 cm³/mol. The summed E-state index contributed by atoms with van der Waals surface area (Å²) in [7, 11) is 0. The van der Waals surface area contributed by atoms with E-state index in [1.165, 1.54) is 12.1 Å². The number of nitrogens with zero attached hydrogens (tertiary/aromatic N) is 1. The van der Waals surface area contributed by atoms with Gasteiger partial charge in [0.05, 0.1) is 5.56 Å². The van der Waals surface area contributed by atoms with Crippen molar-refractivity contribution >= 4 is 5.97 Å². The van der Waals surface area contributed by atoms with Crippen molar-refractivity contribution in [3.05, 3.63) is 41.4 Å². The fourth-order valence-electron chi connectivity index (χ4n) is 1.49. The number of carboxylic acid groups (broad SMARTS) is 1. The number of hydrogen-bond acceptors (Lipinski definition) is 3. The molecule has 0 aliphatic carbocycles. The van der Waals surface area contributed by atoms with Crippen LogP contribution in [-0.4, -0.2) is 16.2 Å². The zero-order valence-corrected chi connectivity index (χ0v) is 8.73. The number of alkyl halides is 2. The number of carboxylic acids is 1. The van der Waals surface area contributed by atoms with Crippen LogP contribution in [0.1, 0.15) is 22.5 Å². The van der Waals surface area contributed by atoms with Crippen LogP contribution in [-0.2, 0) is 0 Å². The highest BCUT2D eigenvalue weighted by Gasteiger charge is 2.22. The molecule has 0 radical (unpaired) electrons. The normalized spacial score (nSPS) is 10.9. The third-order valence-electron chi connectivity index (χ3n) is 2.27. The van der Waals surface area contributed by atoms with E-state index < -0.39 is 29.5 Å². The summed E-state index contributed by atoms with van der Waals surface area (Å²) in [5.74, 6) is -2.97. The Balaban J connectivity index is 2.56. The quantitative estimate of drug-likeness (QED) is 0.917. The lowest BCUT2D eigenvalue weighted by Crippen LogP contribution is -1.95. The Morgan fingerprint density at radius 3 is 2.67 bits per heavy atom. The summed E-state index contributed by atoms with van der Waals surface area (Å²) in [5, 5.41) is 12.0. The fraction of sp³-hybridized carbons (Fsp3) is 0.0909. The Bertz CT molecular complexity index is 595. The van der Waals surface area contributed by atoms with Crippen LogP contribution >= 0.6 is 0 Å². The van der Waals surface area contributed by atoms with Gasteiger partial charge in [-0.2, -0.15) is 0 Å². The lowest BCUT2D eigenvalue weighted by molar-refractivity contribution is 0.0652. The van der Waals surface area contributed by atoms with Crippen LogP contribution in [0.15, 0.2) is 28.8 Å². The first kappa shape index (κ1) is 12.2. The van der Waals surface area contributed by atoms with Crippen LogP contribution in [0.5, 0.6) is 0 Å². The third-order valence-corrected chi connectivity index (χ3v) is 2.27. The molecule has 7 heteroatoms. The lowest BCUT2D eigenvalue weighted by atomic mass is 10.0. The first-order valence-electron chi connectivity index (χ1n) is 4.77. The number of hydrogen-bond donors (Lipinski definition) is 1. The first-order chi connectivity index (χ1) is 8.50. The van der Waals surface area contributed by atoms with Gasteiger partial charge in [0.1, 0.15) is 11.5 Å². The van der Waals surface area contributed by atoms with Crippen molar-refractivity contribution in [1.82, 2.24) is 5.16 Å². The molecule has 0 bridgehead atoms. The van der Waals surface area contributed by atoms with Gasteiger partial charge in [-0.25, -0.2) is 18.0 Å². The third kappa shape index (κ3) is 2.06. The molecule has 2 aromatic rings. The summed E-state index contributed by atoms with van der Waals surface area (Å²) in [6, 6.07) is 4.30. The molecule has 0 amide bonds. The number of carbonyl (C=O) groups is 1. The zero-order valence-electron chi connectivity index (χ0n) is 8.73. The van der Waals surface area contributed by atoms with Crippen LogP contribution in [0.2, 0.25) is 0 Å². The minimum atomic E-state index is -3.04. The molecule has 2 rings (SSSR count). The van der Waals surface area contributed by atoms with Crippen LogP contribution < -0.4 is 0 Å². The van der Waals surface area contributed by atoms with E-state index in [4.69, 9.17) is 5.11 Å². The molecule has 1 aromatic carbocycles. The molecular weight excluding hydrogens is 251 g/mol. The molecule has 0 saturated heterocycles. The van der Waals surface area contributed by atoms with Gasteiger partial charge in [0.2, 0.25) is 5.76 Å². The molecule has 94 valence electrons. The minimum absolute atomic E-state index is 0.151. The van der Waals surface area contributed by atoms with Crippen LogP contribution in [0.4, 0.5) is 13.2 Å². The number of halogens is 3. The van der Waals surface area contributed by atoms with Gasteiger partial charge in [-0.1, -0.05) is 17.3 Å². The van der Waals surface area contributed by atoms with E-state index in [2.05, 4.69) is 9.68 Å². The van der Waals surface area contributed by atoms with Crippen molar-refractivity contribution in [3.8, 4) is 11.3 Å². The second-order valence-corrected chi connectivity index (χ2v) is 3.38. The van der Waals surface area contributed by atoms with Crippen molar-refractivity contribution in [1.29, 1.82) is 0 Å². The SMILES string of the molecule is O=C(O)c1cc(-c2cccc(F)c2C(F)F)no1. The molecule has 0 spiro atoms. The highest BCUT2D eigenvalue weighted by Crippen LogP contribution is 2.32. The maximum atomic E-state index is 13.3. The maximum absolute atomic E-state index is 13.3. The fourth-order valence-corrected chi connectivity index (χ4v) is 1.49. The summed E-state index contributed by atoms with van der Waals surface area (Å²) in [4.78, 5) is 10.6. The minimum Gasteiger partial charge on any atom is -0.475 e. The van der Waals surface area contributed by atoms with Crippen molar-refractivity contribution in [2.75, 3.05) is 0 Å². The molecule has 1 N–H and O–H groups in total. The maximum Gasteiger partial charge on any atom is 0.374 e. The Morgan fingerprint density at radius 1 is 1.39 bits per heavy atom. The highest BCUT2D eigenvalue weighted by molar-refractivity contribution is 5.85. The van der Waals surface area contributed by atoms with Gasteiger partial charge < -0.3 is 9.63 Å². The van der Waals surface area contributed by atoms with Crippen LogP contribution in [0.25, 0.3) is 11.3 Å². The lowest BCUT2D eigenvalue weighted by Gasteiger charge is -2.06. The van der Waals surface area contributed by atoms with E-state index in [-0.39, 0.29) is 11.3 Å². The van der Waals surface area contributed by atoms with E-state index in [0.717, 1.165) is 12.1 Å². The topological polar surface area (TPSA) is 63.3 Å². The molecule has 0 saturated carbocycles. The van der Waals surface area contributed by atoms with Crippen molar-refractivity contribution in [2.24, 2.45) is 0 Å². The summed E-state index contributed by atoms with van der Waals surface area (Å²) >= 11 is 0. The van der Waals surface area contributed by atoms with E-state index in [0.29, 0.717) is 0 Å². The molecule has 4 nitrogen and oxygen atoms in total. The molecule has 18 heavy (non-hydrogen) atoms. The monoisotopic (exact) mass is 257 g/mol. The molecule has 0 unspecified atom stereocenters. The molecule has 1 aromatic heterocycles. The average Bonchev–Trinajstić information content (AvgIpc) is 2.77. The van der Waals surface area contributed by atoms with Gasteiger partial charge in [0, 0.05) is 11.6 Å². The van der Waals surface area contributed by atoms with Gasteiger partial charge in [-0.3, -0.25) is 0 Å². The Kier molecular flexibility index (Phi) is 3.05. The molecule has 1 heterocycles. The zero-order chi connectivity index (χ0) is 13.3. The standard InChI is InChI=1S/C11H6F3NO3/c12-6-3-1-2-5(9(6)10(13)14)7-4-8(11(16)17)18-15-7/h1-4,10H,(H,16,17). The van der Waals surface area contributed by atoms with Gasteiger partial charge in [0.25, 0.3) is 6.43 Å². The Labute approximate surface area is 98.6 Å². The first-order valence-corrected chi connectivity index (χ1v) is 4.77. The average molecular weight is 257 g/mol. The number of aromatic carboxylic acids is 1. The van der Waals surface area contributed by atoms with E-state index in [1.807, 2.05) is 0 Å². The Hall–Kier alpha value is -2.31.